The van der Waals surface area contributed by atoms with Crippen LogP contribution >= 0.6 is 15.9 Å². The van der Waals surface area contributed by atoms with E-state index in [1.165, 1.54) is 5.56 Å². The lowest BCUT2D eigenvalue weighted by Crippen LogP contribution is -2.38. The molecule has 1 aliphatic rings. The molecule has 106 valence electrons. The normalized spacial score (nSPS) is 20.2. The topological polar surface area (TPSA) is 30.3 Å². The highest BCUT2D eigenvalue weighted by Gasteiger charge is 2.24. The fourth-order valence-corrected chi connectivity index (χ4v) is 3.06. The van der Waals surface area contributed by atoms with Gasteiger partial charge in [0, 0.05) is 37.0 Å². The van der Waals surface area contributed by atoms with E-state index in [0.717, 1.165) is 36.5 Å². The van der Waals surface area contributed by atoms with Crippen molar-refractivity contribution in [2.24, 2.45) is 7.05 Å². The molecule has 2 heterocycles. The molecule has 0 saturated carbocycles. The number of nitrogens with zero attached hydrogens (tertiary/aromatic N) is 3. The van der Waals surface area contributed by atoms with Crippen LogP contribution in [-0.2, 0) is 18.3 Å². The minimum atomic E-state index is 0.125. The Morgan fingerprint density at radius 2 is 2.25 bits per heavy atom. The predicted molar refractivity (Wildman–Crippen MR) is 81.3 cm³/mol. The Balaban J connectivity index is 1.71. The van der Waals surface area contributed by atoms with Crippen LogP contribution in [0.2, 0.25) is 0 Å². The zero-order chi connectivity index (χ0) is 13.9. The van der Waals surface area contributed by atoms with Crippen LogP contribution in [0.3, 0.4) is 0 Å². The van der Waals surface area contributed by atoms with E-state index in [9.17, 15) is 0 Å². The minimum Gasteiger partial charge on any atom is -0.371 e. The summed E-state index contributed by atoms with van der Waals surface area (Å²) in [6.45, 7) is 3.48. The van der Waals surface area contributed by atoms with Gasteiger partial charge in [-0.05, 0) is 11.6 Å². The molecule has 1 aromatic heterocycles. The Morgan fingerprint density at radius 3 is 3.00 bits per heavy atom. The average Bonchev–Trinajstić information content (AvgIpc) is 2.85. The van der Waals surface area contributed by atoms with Crippen LogP contribution in [0, 0.1) is 0 Å². The molecule has 20 heavy (non-hydrogen) atoms. The second-order valence-electron chi connectivity index (χ2n) is 5.07. The second-order valence-corrected chi connectivity index (χ2v) is 5.92. The van der Waals surface area contributed by atoms with Crippen molar-refractivity contribution < 1.29 is 4.74 Å². The van der Waals surface area contributed by atoms with Crippen LogP contribution in [0.5, 0.6) is 0 Å². The Morgan fingerprint density at radius 1 is 1.40 bits per heavy atom. The van der Waals surface area contributed by atoms with E-state index in [0.29, 0.717) is 0 Å². The third-order valence-corrected chi connectivity index (χ3v) is 4.41. The summed E-state index contributed by atoms with van der Waals surface area (Å²) in [6, 6.07) is 8.28. The summed E-state index contributed by atoms with van der Waals surface area (Å²) in [5.41, 5.74) is 1.22. The monoisotopic (exact) mass is 335 g/mol. The molecule has 0 aliphatic carbocycles. The number of aromatic nitrogens is 2. The molecule has 3 rings (SSSR count). The van der Waals surface area contributed by atoms with Crippen molar-refractivity contribution in [3.8, 4) is 0 Å². The van der Waals surface area contributed by atoms with Gasteiger partial charge >= 0.3 is 0 Å². The lowest BCUT2D eigenvalue weighted by Gasteiger charge is -2.33. The summed E-state index contributed by atoms with van der Waals surface area (Å²) in [4.78, 5) is 6.80. The third-order valence-electron chi connectivity index (χ3n) is 3.69. The molecular formula is C15H18BrN3O. The zero-order valence-electron chi connectivity index (χ0n) is 11.5. The number of halogens is 1. The van der Waals surface area contributed by atoms with E-state index < -0.39 is 0 Å². The van der Waals surface area contributed by atoms with Crippen LogP contribution < -0.4 is 0 Å². The molecule has 1 aromatic carbocycles. The molecule has 0 spiro atoms. The van der Waals surface area contributed by atoms with Crippen LogP contribution in [0.4, 0.5) is 0 Å². The molecule has 2 aromatic rings. The maximum absolute atomic E-state index is 5.93. The van der Waals surface area contributed by atoms with Gasteiger partial charge in [0.05, 0.1) is 19.3 Å². The van der Waals surface area contributed by atoms with E-state index in [4.69, 9.17) is 4.74 Å². The zero-order valence-corrected chi connectivity index (χ0v) is 13.1. The van der Waals surface area contributed by atoms with Gasteiger partial charge in [-0.15, -0.1) is 0 Å². The van der Waals surface area contributed by atoms with E-state index >= 15 is 0 Å². The van der Waals surface area contributed by atoms with Crippen molar-refractivity contribution >= 4 is 15.9 Å². The molecule has 4 nitrogen and oxygen atoms in total. The van der Waals surface area contributed by atoms with Crippen molar-refractivity contribution in [3.05, 3.63) is 52.5 Å². The van der Waals surface area contributed by atoms with Gasteiger partial charge in [-0.2, -0.15) is 0 Å². The van der Waals surface area contributed by atoms with Crippen LogP contribution in [0.1, 0.15) is 17.5 Å². The molecule has 1 atom stereocenters. The maximum Gasteiger partial charge on any atom is 0.122 e. The Labute approximate surface area is 127 Å². The summed E-state index contributed by atoms with van der Waals surface area (Å²) in [5.74, 6) is 1.10. The largest absolute Gasteiger partial charge is 0.371 e. The number of hydrogen-bond donors (Lipinski definition) is 0. The summed E-state index contributed by atoms with van der Waals surface area (Å²) in [7, 11) is 2.04. The minimum absolute atomic E-state index is 0.125. The van der Waals surface area contributed by atoms with Gasteiger partial charge in [0.25, 0.3) is 0 Å². The van der Waals surface area contributed by atoms with Gasteiger partial charge < -0.3 is 9.30 Å². The van der Waals surface area contributed by atoms with E-state index in [2.05, 4.69) is 48.6 Å². The van der Waals surface area contributed by atoms with Gasteiger partial charge in [-0.25, -0.2) is 4.98 Å². The van der Waals surface area contributed by atoms with E-state index in [1.54, 1.807) is 0 Å². The van der Waals surface area contributed by atoms with Crippen molar-refractivity contribution in [1.29, 1.82) is 0 Å². The molecular weight excluding hydrogens is 318 g/mol. The number of aryl methyl sites for hydroxylation is 1. The molecule has 1 saturated heterocycles. The molecule has 0 N–H and O–H groups in total. The van der Waals surface area contributed by atoms with Gasteiger partial charge in [0.2, 0.25) is 0 Å². The van der Waals surface area contributed by atoms with Crippen LogP contribution in [0.15, 0.2) is 41.1 Å². The molecule has 1 aliphatic heterocycles. The SMILES string of the molecule is Cn1ccnc1CN1CCOC(c2ccccc2Br)C1. The molecule has 1 fully saturated rings. The first kappa shape index (κ1) is 13.8. The summed E-state index contributed by atoms with van der Waals surface area (Å²) in [6.07, 6.45) is 3.96. The first-order chi connectivity index (χ1) is 9.74. The van der Waals surface area contributed by atoms with Crippen molar-refractivity contribution in [1.82, 2.24) is 14.5 Å². The number of ether oxygens (including phenoxy) is 1. The lowest BCUT2D eigenvalue weighted by atomic mass is 10.1. The van der Waals surface area contributed by atoms with Gasteiger partial charge in [0.1, 0.15) is 5.82 Å². The van der Waals surface area contributed by atoms with Crippen molar-refractivity contribution in [3.63, 3.8) is 0 Å². The molecule has 5 heteroatoms. The fourth-order valence-electron chi connectivity index (χ4n) is 2.52. The summed E-state index contributed by atoms with van der Waals surface area (Å²) >= 11 is 3.61. The number of imidazole rings is 1. The Kier molecular flexibility index (Phi) is 4.19. The maximum atomic E-state index is 5.93. The third kappa shape index (κ3) is 2.95. The van der Waals surface area contributed by atoms with Crippen LogP contribution in [0.25, 0.3) is 0 Å². The summed E-state index contributed by atoms with van der Waals surface area (Å²) < 4.78 is 9.11. The van der Waals surface area contributed by atoms with Crippen molar-refractivity contribution in [2.45, 2.75) is 12.6 Å². The first-order valence-electron chi connectivity index (χ1n) is 6.78. The highest BCUT2D eigenvalue weighted by Crippen LogP contribution is 2.28. The Bertz CT molecular complexity index is 584. The summed E-state index contributed by atoms with van der Waals surface area (Å²) in [5, 5.41) is 0. The van der Waals surface area contributed by atoms with Gasteiger partial charge in [0.15, 0.2) is 0 Å². The molecule has 1 unspecified atom stereocenters. The number of morpholine rings is 1. The smallest absolute Gasteiger partial charge is 0.122 e. The fraction of sp³-hybridized carbons (Fsp3) is 0.400. The predicted octanol–water partition coefficient (Wildman–Crippen LogP) is 2.76. The van der Waals surface area contributed by atoms with Gasteiger partial charge in [-0.1, -0.05) is 34.1 Å². The molecule has 0 radical (unpaired) electrons. The number of benzene rings is 1. The van der Waals surface area contributed by atoms with Crippen molar-refractivity contribution in [2.75, 3.05) is 19.7 Å². The van der Waals surface area contributed by atoms with E-state index in [-0.39, 0.29) is 6.10 Å². The van der Waals surface area contributed by atoms with Gasteiger partial charge in [-0.3, -0.25) is 4.90 Å². The first-order valence-corrected chi connectivity index (χ1v) is 7.58. The highest BCUT2D eigenvalue weighted by atomic mass is 79.9. The molecule has 0 amide bonds. The Hall–Kier alpha value is -1.17. The number of hydrogen-bond acceptors (Lipinski definition) is 3. The number of rotatable bonds is 3. The molecule has 0 bridgehead atoms. The highest BCUT2D eigenvalue weighted by molar-refractivity contribution is 9.10. The van der Waals surface area contributed by atoms with E-state index in [1.807, 2.05) is 25.5 Å². The lowest BCUT2D eigenvalue weighted by molar-refractivity contribution is -0.0342. The average molecular weight is 336 g/mol. The quantitative estimate of drug-likeness (QED) is 0.863. The second kappa shape index (κ2) is 6.08. The van der Waals surface area contributed by atoms with Crippen LogP contribution in [-0.4, -0.2) is 34.1 Å². The standard InChI is InChI=1S/C15H18BrN3O/c1-18-7-6-17-15(18)11-19-8-9-20-14(10-19)12-4-2-3-5-13(12)16/h2-7,14H,8-11H2,1H3.